The van der Waals surface area contributed by atoms with Crippen molar-refractivity contribution < 1.29 is 4.39 Å². The largest absolute Gasteiger partial charge is 0.349 e. The van der Waals surface area contributed by atoms with Gasteiger partial charge < -0.3 is 4.98 Å². The fraction of sp³-hybridized carbons (Fsp3) is 0.294. The summed E-state index contributed by atoms with van der Waals surface area (Å²) in [6.07, 6.45) is 9.34. The molecule has 0 spiro atoms. The van der Waals surface area contributed by atoms with E-state index in [9.17, 15) is 4.39 Å². The van der Waals surface area contributed by atoms with Gasteiger partial charge >= 0.3 is 0 Å². The van der Waals surface area contributed by atoms with Gasteiger partial charge in [-0.25, -0.2) is 14.4 Å². The van der Waals surface area contributed by atoms with Crippen LogP contribution in [0.1, 0.15) is 29.6 Å². The second kappa shape index (κ2) is 6.83. The standard InChI is InChI=1S/C17H18FN3S/c1-2-12-10-13(18)6-7-15(12)17-21-11-14(22-17)4-3-5-16-19-8-9-20-16/h6-11H,2-5H2,1H3,(H,19,20). The Hall–Kier alpha value is -2.01. The third-order valence-corrected chi connectivity index (χ3v) is 4.71. The van der Waals surface area contributed by atoms with Gasteiger partial charge in [-0.3, -0.25) is 0 Å². The fourth-order valence-electron chi connectivity index (χ4n) is 2.48. The van der Waals surface area contributed by atoms with Crippen LogP contribution in [0, 0.1) is 5.82 Å². The summed E-state index contributed by atoms with van der Waals surface area (Å²) in [6, 6.07) is 4.94. The van der Waals surface area contributed by atoms with Crippen LogP contribution < -0.4 is 0 Å². The maximum atomic E-state index is 13.3. The van der Waals surface area contributed by atoms with Gasteiger partial charge in [0.05, 0.1) is 0 Å². The van der Waals surface area contributed by atoms with Crippen LogP contribution in [0.3, 0.4) is 0 Å². The molecule has 3 aromatic rings. The van der Waals surface area contributed by atoms with E-state index in [-0.39, 0.29) is 5.82 Å². The van der Waals surface area contributed by atoms with Gasteiger partial charge in [-0.1, -0.05) is 6.92 Å². The molecule has 0 amide bonds. The Morgan fingerprint density at radius 2 is 2.14 bits per heavy atom. The molecule has 5 heteroatoms. The van der Waals surface area contributed by atoms with Crippen molar-refractivity contribution >= 4 is 11.3 Å². The number of hydrogen-bond donors (Lipinski definition) is 1. The van der Waals surface area contributed by atoms with E-state index in [1.807, 2.05) is 25.4 Å². The van der Waals surface area contributed by atoms with Crippen molar-refractivity contribution in [2.45, 2.75) is 32.6 Å². The number of halogens is 1. The Morgan fingerprint density at radius 1 is 1.23 bits per heavy atom. The predicted octanol–water partition coefficient (Wildman–Crippen LogP) is 4.41. The number of aryl methyl sites for hydroxylation is 3. The number of thiazole rings is 1. The zero-order valence-corrected chi connectivity index (χ0v) is 13.3. The van der Waals surface area contributed by atoms with E-state index < -0.39 is 0 Å². The van der Waals surface area contributed by atoms with E-state index >= 15 is 0 Å². The van der Waals surface area contributed by atoms with Crippen molar-refractivity contribution in [1.82, 2.24) is 15.0 Å². The molecule has 3 rings (SSSR count). The zero-order chi connectivity index (χ0) is 15.4. The molecular formula is C17H18FN3S. The Bertz CT molecular complexity index is 734. The SMILES string of the molecule is CCc1cc(F)ccc1-c1ncc(CCCc2ncc[nH]2)s1. The second-order valence-corrected chi connectivity index (χ2v) is 6.29. The molecule has 114 valence electrons. The lowest BCUT2D eigenvalue weighted by Gasteiger charge is -2.04. The zero-order valence-electron chi connectivity index (χ0n) is 12.5. The van der Waals surface area contributed by atoms with Gasteiger partial charge in [0.25, 0.3) is 0 Å². The number of H-pyrrole nitrogens is 1. The maximum absolute atomic E-state index is 13.3. The molecule has 3 nitrogen and oxygen atoms in total. The smallest absolute Gasteiger partial charge is 0.123 e. The first kappa shape index (κ1) is 14.9. The molecule has 0 bridgehead atoms. The van der Waals surface area contributed by atoms with Gasteiger partial charge in [0.2, 0.25) is 0 Å². The van der Waals surface area contributed by atoms with E-state index in [1.165, 1.54) is 10.9 Å². The summed E-state index contributed by atoms with van der Waals surface area (Å²) in [7, 11) is 0. The molecule has 0 radical (unpaired) electrons. The van der Waals surface area contributed by atoms with Gasteiger partial charge in [0, 0.05) is 35.5 Å². The van der Waals surface area contributed by atoms with Crippen LogP contribution in [-0.4, -0.2) is 15.0 Å². The number of rotatable bonds is 6. The summed E-state index contributed by atoms with van der Waals surface area (Å²) in [6.45, 7) is 2.04. The summed E-state index contributed by atoms with van der Waals surface area (Å²) in [5, 5.41) is 0.977. The van der Waals surface area contributed by atoms with Gasteiger partial charge in [-0.2, -0.15) is 0 Å². The van der Waals surface area contributed by atoms with Crippen molar-refractivity contribution in [2.24, 2.45) is 0 Å². The number of imidazole rings is 1. The molecule has 0 aliphatic heterocycles. The van der Waals surface area contributed by atoms with Crippen LogP contribution in [-0.2, 0) is 19.3 Å². The highest BCUT2D eigenvalue weighted by atomic mass is 32.1. The molecule has 1 aromatic carbocycles. The third-order valence-electron chi connectivity index (χ3n) is 3.62. The average Bonchev–Trinajstić information content (AvgIpc) is 3.19. The molecule has 1 N–H and O–H groups in total. The van der Waals surface area contributed by atoms with Crippen LogP contribution in [0.15, 0.2) is 36.8 Å². The van der Waals surface area contributed by atoms with Gasteiger partial charge in [-0.15, -0.1) is 11.3 Å². The van der Waals surface area contributed by atoms with Crippen molar-refractivity contribution in [3.8, 4) is 10.6 Å². The lowest BCUT2D eigenvalue weighted by molar-refractivity contribution is 0.626. The number of hydrogen-bond acceptors (Lipinski definition) is 3. The third kappa shape index (κ3) is 3.42. The minimum atomic E-state index is -0.184. The van der Waals surface area contributed by atoms with E-state index in [0.717, 1.165) is 47.6 Å². The lowest BCUT2D eigenvalue weighted by atomic mass is 10.1. The normalized spacial score (nSPS) is 11.0. The quantitative estimate of drug-likeness (QED) is 0.732. The Balaban J connectivity index is 1.68. The number of aromatic nitrogens is 3. The number of benzene rings is 1. The minimum absolute atomic E-state index is 0.184. The maximum Gasteiger partial charge on any atom is 0.123 e. The van der Waals surface area contributed by atoms with E-state index in [1.54, 1.807) is 23.6 Å². The first-order valence-corrected chi connectivity index (χ1v) is 8.29. The van der Waals surface area contributed by atoms with E-state index in [2.05, 4.69) is 15.0 Å². The number of nitrogens with one attached hydrogen (secondary N) is 1. The molecule has 2 heterocycles. The van der Waals surface area contributed by atoms with Crippen molar-refractivity contribution in [3.05, 3.63) is 58.9 Å². The molecule has 0 unspecified atom stereocenters. The molecule has 0 saturated heterocycles. The van der Waals surface area contributed by atoms with Crippen LogP contribution in [0.2, 0.25) is 0 Å². The first-order valence-electron chi connectivity index (χ1n) is 7.48. The topological polar surface area (TPSA) is 41.6 Å². The monoisotopic (exact) mass is 315 g/mol. The second-order valence-electron chi connectivity index (χ2n) is 5.18. The lowest BCUT2D eigenvalue weighted by Crippen LogP contribution is -1.90. The molecule has 0 aliphatic rings. The summed E-state index contributed by atoms with van der Waals surface area (Å²) in [5.41, 5.74) is 2.06. The summed E-state index contributed by atoms with van der Waals surface area (Å²) in [5.74, 6) is 0.840. The minimum Gasteiger partial charge on any atom is -0.349 e. The van der Waals surface area contributed by atoms with Gasteiger partial charge in [0.15, 0.2) is 0 Å². The molecular weight excluding hydrogens is 297 g/mol. The Labute approximate surface area is 133 Å². The highest BCUT2D eigenvalue weighted by molar-refractivity contribution is 7.15. The average molecular weight is 315 g/mol. The number of nitrogens with zero attached hydrogens (tertiary/aromatic N) is 2. The van der Waals surface area contributed by atoms with Crippen LogP contribution in [0.5, 0.6) is 0 Å². The molecule has 22 heavy (non-hydrogen) atoms. The first-order chi connectivity index (χ1) is 10.8. The van der Waals surface area contributed by atoms with Crippen LogP contribution >= 0.6 is 11.3 Å². The summed E-state index contributed by atoms with van der Waals surface area (Å²) in [4.78, 5) is 13.1. The van der Waals surface area contributed by atoms with E-state index in [0.29, 0.717) is 0 Å². The summed E-state index contributed by atoms with van der Waals surface area (Å²) < 4.78 is 13.3. The Kier molecular flexibility index (Phi) is 4.63. The van der Waals surface area contributed by atoms with E-state index in [4.69, 9.17) is 0 Å². The Morgan fingerprint density at radius 3 is 2.91 bits per heavy atom. The van der Waals surface area contributed by atoms with Crippen molar-refractivity contribution in [1.29, 1.82) is 0 Å². The van der Waals surface area contributed by atoms with Gasteiger partial charge in [0.1, 0.15) is 16.6 Å². The van der Waals surface area contributed by atoms with Gasteiger partial charge in [-0.05, 0) is 43.0 Å². The number of aromatic amines is 1. The van der Waals surface area contributed by atoms with Crippen molar-refractivity contribution in [2.75, 3.05) is 0 Å². The molecule has 2 aromatic heterocycles. The van der Waals surface area contributed by atoms with Crippen molar-refractivity contribution in [3.63, 3.8) is 0 Å². The predicted molar refractivity (Wildman–Crippen MR) is 87.5 cm³/mol. The van der Waals surface area contributed by atoms with Crippen LogP contribution in [0.25, 0.3) is 10.6 Å². The molecule has 0 aliphatic carbocycles. The molecule has 0 saturated carbocycles. The highest BCUT2D eigenvalue weighted by Crippen LogP contribution is 2.29. The molecule has 0 atom stereocenters. The molecule has 0 fully saturated rings. The van der Waals surface area contributed by atoms with Crippen LogP contribution in [0.4, 0.5) is 4.39 Å². The fourth-order valence-corrected chi connectivity index (χ4v) is 3.49. The highest BCUT2D eigenvalue weighted by Gasteiger charge is 2.10. The summed E-state index contributed by atoms with van der Waals surface area (Å²) >= 11 is 1.69.